The van der Waals surface area contributed by atoms with E-state index < -0.39 is 0 Å². The average Bonchev–Trinajstić information content (AvgIpc) is 2.86. The number of nitrogens with zero attached hydrogens (tertiary/aromatic N) is 5. The first kappa shape index (κ1) is 11.7. The van der Waals surface area contributed by atoms with Gasteiger partial charge in [0.15, 0.2) is 0 Å². The molecule has 2 aliphatic rings. The third-order valence-corrected chi connectivity index (χ3v) is 4.09. The van der Waals surface area contributed by atoms with Crippen LogP contribution in [0, 0.1) is 11.8 Å². The smallest absolute Gasteiger partial charge is 0.134 e. The van der Waals surface area contributed by atoms with Crippen LogP contribution in [0.1, 0.15) is 0 Å². The van der Waals surface area contributed by atoms with Crippen molar-refractivity contribution < 1.29 is 0 Å². The monoisotopic (exact) mass is 247 g/mol. The quantitative estimate of drug-likeness (QED) is 0.762. The molecule has 5 nitrogen and oxygen atoms in total. The van der Waals surface area contributed by atoms with Gasteiger partial charge in [0, 0.05) is 46.3 Å². The van der Waals surface area contributed by atoms with Gasteiger partial charge in [-0.25, -0.2) is 9.97 Å². The van der Waals surface area contributed by atoms with Crippen LogP contribution in [0.2, 0.25) is 0 Å². The van der Waals surface area contributed by atoms with Crippen LogP contribution in [-0.2, 0) is 0 Å². The second kappa shape index (κ2) is 4.39. The normalized spacial score (nSPS) is 27.6. The molecule has 0 bridgehead atoms. The predicted molar refractivity (Wildman–Crippen MR) is 73.0 cm³/mol. The number of hydrogen-bond donors (Lipinski definition) is 0. The van der Waals surface area contributed by atoms with Gasteiger partial charge >= 0.3 is 0 Å². The molecule has 3 rings (SSSR count). The maximum absolute atomic E-state index is 4.42. The maximum Gasteiger partial charge on any atom is 0.134 e. The lowest BCUT2D eigenvalue weighted by atomic mass is 10.0. The highest BCUT2D eigenvalue weighted by Gasteiger charge is 2.39. The molecule has 18 heavy (non-hydrogen) atoms. The minimum Gasteiger partial charge on any atom is -0.363 e. The molecule has 5 heteroatoms. The number of hydrogen-bond acceptors (Lipinski definition) is 5. The van der Waals surface area contributed by atoms with Crippen LogP contribution in [0.4, 0.5) is 11.6 Å². The van der Waals surface area contributed by atoms with Gasteiger partial charge in [-0.2, -0.15) is 0 Å². The average molecular weight is 247 g/mol. The van der Waals surface area contributed by atoms with E-state index in [-0.39, 0.29) is 0 Å². The van der Waals surface area contributed by atoms with E-state index in [1.54, 1.807) is 6.33 Å². The van der Waals surface area contributed by atoms with E-state index in [0.717, 1.165) is 36.6 Å². The molecule has 2 unspecified atom stereocenters. The summed E-state index contributed by atoms with van der Waals surface area (Å²) in [4.78, 5) is 15.6. The topological polar surface area (TPSA) is 35.5 Å². The molecule has 1 aromatic heterocycles. The summed E-state index contributed by atoms with van der Waals surface area (Å²) in [5.74, 6) is 3.68. The molecule has 0 aliphatic carbocycles. The molecule has 0 N–H and O–H groups in total. The minimum absolute atomic E-state index is 0.813. The van der Waals surface area contributed by atoms with E-state index in [4.69, 9.17) is 0 Å². The zero-order valence-electron chi connectivity index (χ0n) is 11.4. The lowest BCUT2D eigenvalue weighted by molar-refractivity contribution is 0.387. The van der Waals surface area contributed by atoms with Crippen molar-refractivity contribution in [3.05, 3.63) is 12.4 Å². The molecule has 2 fully saturated rings. The van der Waals surface area contributed by atoms with Crippen molar-refractivity contribution in [2.24, 2.45) is 11.8 Å². The van der Waals surface area contributed by atoms with Gasteiger partial charge in [0.1, 0.15) is 18.0 Å². The minimum atomic E-state index is 0.813. The van der Waals surface area contributed by atoms with Crippen LogP contribution in [0.15, 0.2) is 12.4 Å². The van der Waals surface area contributed by atoms with Gasteiger partial charge in [-0.05, 0) is 18.9 Å². The van der Waals surface area contributed by atoms with Crippen molar-refractivity contribution in [2.75, 3.05) is 57.1 Å². The highest BCUT2D eigenvalue weighted by atomic mass is 15.3. The van der Waals surface area contributed by atoms with Crippen LogP contribution in [0.5, 0.6) is 0 Å². The van der Waals surface area contributed by atoms with Gasteiger partial charge in [0.2, 0.25) is 0 Å². The Morgan fingerprint density at radius 3 is 2.39 bits per heavy atom. The standard InChI is InChI=1S/C13H21N5/c1-16(2)12-4-13(15-9-14-12)18-7-10-5-17(3)6-11(10)8-18/h4,9-11H,5-8H2,1-3H3. The van der Waals surface area contributed by atoms with Crippen LogP contribution in [-0.4, -0.2) is 62.2 Å². The van der Waals surface area contributed by atoms with Crippen molar-refractivity contribution >= 4 is 11.6 Å². The lowest BCUT2D eigenvalue weighted by Gasteiger charge is -2.21. The summed E-state index contributed by atoms with van der Waals surface area (Å²) in [6.45, 7) is 4.73. The molecule has 0 saturated carbocycles. The Morgan fingerprint density at radius 2 is 1.78 bits per heavy atom. The number of likely N-dealkylation sites (tertiary alicyclic amines) is 1. The van der Waals surface area contributed by atoms with Crippen molar-refractivity contribution in [1.82, 2.24) is 14.9 Å². The van der Waals surface area contributed by atoms with Crippen LogP contribution in [0.3, 0.4) is 0 Å². The Balaban J connectivity index is 1.75. The maximum atomic E-state index is 4.42. The van der Waals surface area contributed by atoms with E-state index in [1.165, 1.54) is 13.1 Å². The zero-order chi connectivity index (χ0) is 12.7. The first-order valence-electron chi connectivity index (χ1n) is 6.56. The number of fused-ring (bicyclic) bond motifs is 1. The highest BCUT2D eigenvalue weighted by Crippen LogP contribution is 2.32. The molecule has 0 spiro atoms. The Hall–Kier alpha value is -1.36. The van der Waals surface area contributed by atoms with Crippen molar-refractivity contribution in [1.29, 1.82) is 0 Å². The fourth-order valence-electron chi connectivity index (χ4n) is 3.17. The fourth-order valence-corrected chi connectivity index (χ4v) is 3.17. The number of aromatic nitrogens is 2. The summed E-state index contributed by atoms with van der Waals surface area (Å²) in [6, 6.07) is 2.09. The molecule has 1 aromatic rings. The third kappa shape index (κ3) is 2.03. The van der Waals surface area contributed by atoms with Crippen molar-refractivity contribution in [3.8, 4) is 0 Å². The Kier molecular flexibility index (Phi) is 2.86. The summed E-state index contributed by atoms with van der Waals surface area (Å²) < 4.78 is 0. The van der Waals surface area contributed by atoms with Crippen molar-refractivity contribution in [2.45, 2.75) is 0 Å². The molecule has 3 heterocycles. The number of rotatable bonds is 2. The molecule has 0 amide bonds. The predicted octanol–water partition coefficient (Wildman–Crippen LogP) is 0.540. The molecular formula is C13H21N5. The molecular weight excluding hydrogens is 226 g/mol. The third-order valence-electron chi connectivity index (χ3n) is 4.09. The van der Waals surface area contributed by atoms with E-state index in [0.29, 0.717) is 0 Å². The molecule has 2 aliphatic heterocycles. The van der Waals surface area contributed by atoms with Gasteiger partial charge in [0.05, 0.1) is 0 Å². The van der Waals surface area contributed by atoms with Gasteiger partial charge in [0.25, 0.3) is 0 Å². The van der Waals surface area contributed by atoms with E-state index in [9.17, 15) is 0 Å². The SMILES string of the molecule is CN1CC2CN(c3cc(N(C)C)ncn3)CC2C1. The second-order valence-electron chi connectivity index (χ2n) is 5.78. The van der Waals surface area contributed by atoms with Crippen molar-refractivity contribution in [3.63, 3.8) is 0 Å². The van der Waals surface area contributed by atoms with E-state index in [1.807, 2.05) is 19.0 Å². The second-order valence-corrected chi connectivity index (χ2v) is 5.78. The van der Waals surface area contributed by atoms with Gasteiger partial charge in [-0.3, -0.25) is 0 Å². The van der Waals surface area contributed by atoms with Gasteiger partial charge in [-0.1, -0.05) is 0 Å². The van der Waals surface area contributed by atoms with Gasteiger partial charge in [-0.15, -0.1) is 0 Å². The van der Waals surface area contributed by atoms with Crippen LogP contribution in [0.25, 0.3) is 0 Å². The van der Waals surface area contributed by atoms with Gasteiger partial charge < -0.3 is 14.7 Å². The Bertz CT molecular complexity index is 419. The van der Waals surface area contributed by atoms with Crippen LogP contribution >= 0.6 is 0 Å². The fraction of sp³-hybridized carbons (Fsp3) is 0.692. The lowest BCUT2D eigenvalue weighted by Crippen LogP contribution is -2.27. The number of anilines is 2. The summed E-state index contributed by atoms with van der Waals surface area (Å²) in [6.07, 6.45) is 1.67. The first-order chi connectivity index (χ1) is 8.63. The molecule has 98 valence electrons. The van der Waals surface area contributed by atoms with E-state index in [2.05, 4.69) is 32.9 Å². The summed E-state index contributed by atoms with van der Waals surface area (Å²) in [5.41, 5.74) is 0. The van der Waals surface area contributed by atoms with Crippen LogP contribution < -0.4 is 9.80 Å². The summed E-state index contributed by atoms with van der Waals surface area (Å²) in [7, 11) is 6.25. The molecule has 0 radical (unpaired) electrons. The molecule has 2 atom stereocenters. The molecule has 2 saturated heterocycles. The largest absolute Gasteiger partial charge is 0.363 e. The Labute approximate surface area is 108 Å². The Morgan fingerprint density at radius 1 is 1.11 bits per heavy atom. The highest BCUT2D eigenvalue weighted by molar-refractivity contribution is 5.50. The van der Waals surface area contributed by atoms with E-state index >= 15 is 0 Å². The first-order valence-corrected chi connectivity index (χ1v) is 6.56. The molecule has 0 aromatic carbocycles. The zero-order valence-corrected chi connectivity index (χ0v) is 11.4. The summed E-state index contributed by atoms with van der Waals surface area (Å²) >= 11 is 0. The summed E-state index contributed by atoms with van der Waals surface area (Å²) in [5, 5.41) is 0.